The van der Waals surface area contributed by atoms with Gasteiger partial charge in [-0.15, -0.1) is 13.2 Å². The van der Waals surface area contributed by atoms with Gasteiger partial charge >= 0.3 is 0 Å². The number of allylic oxidation sites excluding steroid dienone is 4. The quantitative estimate of drug-likeness (QED) is 0.422. The van der Waals surface area contributed by atoms with E-state index in [1.807, 2.05) is 12.2 Å². The summed E-state index contributed by atoms with van der Waals surface area (Å²) in [5.74, 6) is 0. The Balaban J connectivity index is 1.92. The highest BCUT2D eigenvalue weighted by atomic mass is 16.5. The molecule has 3 aliphatic rings. The maximum atomic E-state index is 6.86. The first-order valence-corrected chi connectivity index (χ1v) is 11.6. The lowest BCUT2D eigenvalue weighted by Gasteiger charge is -2.57. The second kappa shape index (κ2) is 8.62. The average Bonchev–Trinajstić information content (AvgIpc) is 3.20. The van der Waals surface area contributed by atoms with E-state index in [1.165, 1.54) is 22.3 Å². The highest BCUT2D eigenvalue weighted by Gasteiger charge is 2.67. The van der Waals surface area contributed by atoms with E-state index in [0.717, 1.165) is 12.8 Å². The Morgan fingerprint density at radius 2 is 1.12 bits per heavy atom. The van der Waals surface area contributed by atoms with Gasteiger partial charge in [0.05, 0.1) is 18.6 Å². The van der Waals surface area contributed by atoms with Crippen molar-refractivity contribution in [3.8, 4) is 11.1 Å². The van der Waals surface area contributed by atoms with E-state index in [-0.39, 0.29) is 0 Å². The Kier molecular flexibility index (Phi) is 5.65. The summed E-state index contributed by atoms with van der Waals surface area (Å²) in [5, 5.41) is 0. The molecule has 2 heteroatoms. The summed E-state index contributed by atoms with van der Waals surface area (Å²) in [6, 6.07) is 17.5. The first-order valence-electron chi connectivity index (χ1n) is 11.6. The molecule has 2 nitrogen and oxygen atoms in total. The molecule has 33 heavy (non-hydrogen) atoms. The number of hydrogen-bond donors (Lipinski definition) is 0. The standard InChI is InChI=1S/C31H30O2/c1-3-23-32-29(19-11-5-12-20-29)31(30(33-24-4-2)21-13-6-14-22-30)27-17-9-7-15-25(27)26-16-8-10-18-28(26)31/h3-19,21H,1-2,20,22-24H2. The Morgan fingerprint density at radius 1 is 0.667 bits per heavy atom. The van der Waals surface area contributed by atoms with Gasteiger partial charge in [-0.1, -0.05) is 109 Å². The average molecular weight is 435 g/mol. The Labute approximate surface area is 196 Å². The minimum Gasteiger partial charge on any atom is -0.365 e. The third kappa shape index (κ3) is 3.02. The molecule has 0 bridgehead atoms. The summed E-state index contributed by atoms with van der Waals surface area (Å²) in [5.41, 5.74) is 2.98. The molecule has 0 spiro atoms. The number of hydrogen-bond acceptors (Lipinski definition) is 2. The summed E-state index contributed by atoms with van der Waals surface area (Å²) in [6.45, 7) is 8.81. The smallest absolute Gasteiger partial charge is 0.107 e. The molecule has 2 atom stereocenters. The first kappa shape index (κ1) is 21.6. The van der Waals surface area contributed by atoms with Crippen LogP contribution in [0.15, 0.2) is 122 Å². The van der Waals surface area contributed by atoms with Crippen molar-refractivity contribution in [2.24, 2.45) is 0 Å². The van der Waals surface area contributed by atoms with Crippen molar-refractivity contribution in [3.05, 3.63) is 134 Å². The fraction of sp³-hybridized carbons (Fsp3) is 0.226. The Bertz CT molecular complexity index is 1090. The predicted molar refractivity (Wildman–Crippen MR) is 136 cm³/mol. The van der Waals surface area contributed by atoms with E-state index in [9.17, 15) is 0 Å². The van der Waals surface area contributed by atoms with Crippen molar-refractivity contribution in [1.82, 2.24) is 0 Å². The van der Waals surface area contributed by atoms with Gasteiger partial charge < -0.3 is 9.47 Å². The van der Waals surface area contributed by atoms with Gasteiger partial charge in [-0.2, -0.15) is 0 Å². The summed E-state index contributed by atoms with van der Waals surface area (Å²) < 4.78 is 13.7. The van der Waals surface area contributed by atoms with Crippen LogP contribution in [0.3, 0.4) is 0 Å². The molecular weight excluding hydrogens is 404 g/mol. The zero-order chi connectivity index (χ0) is 22.8. The predicted octanol–water partition coefficient (Wildman–Crippen LogP) is 6.87. The third-order valence-corrected chi connectivity index (χ3v) is 7.21. The summed E-state index contributed by atoms with van der Waals surface area (Å²) in [6.07, 6.45) is 22.5. The molecule has 2 aromatic carbocycles. The van der Waals surface area contributed by atoms with Crippen LogP contribution in [-0.4, -0.2) is 24.4 Å². The highest BCUT2D eigenvalue weighted by Crippen LogP contribution is 2.64. The first-order chi connectivity index (χ1) is 16.2. The molecular formula is C31H30O2. The van der Waals surface area contributed by atoms with E-state index in [1.54, 1.807) is 0 Å². The van der Waals surface area contributed by atoms with Crippen LogP contribution >= 0.6 is 0 Å². The molecule has 0 saturated heterocycles. The van der Waals surface area contributed by atoms with Crippen molar-refractivity contribution in [2.75, 3.05) is 13.2 Å². The summed E-state index contributed by atoms with van der Waals surface area (Å²) >= 11 is 0. The Morgan fingerprint density at radius 3 is 1.52 bits per heavy atom. The van der Waals surface area contributed by atoms with Crippen LogP contribution in [0.2, 0.25) is 0 Å². The molecule has 2 aromatic rings. The highest BCUT2D eigenvalue weighted by molar-refractivity contribution is 5.84. The SMILES string of the molecule is C=CCOC1(C2(C3(OCC=C)C=CC=CC3)c3ccccc3-c3ccccc32)C=CC=CC1. The van der Waals surface area contributed by atoms with E-state index in [4.69, 9.17) is 9.47 Å². The van der Waals surface area contributed by atoms with Crippen molar-refractivity contribution in [3.63, 3.8) is 0 Å². The van der Waals surface area contributed by atoms with Crippen LogP contribution in [0.1, 0.15) is 24.0 Å². The zero-order valence-corrected chi connectivity index (χ0v) is 19.0. The van der Waals surface area contributed by atoms with Gasteiger partial charge in [-0.25, -0.2) is 0 Å². The normalized spacial score (nSPS) is 26.1. The lowest BCUT2D eigenvalue weighted by atomic mass is 9.53. The molecule has 2 unspecified atom stereocenters. The molecule has 0 radical (unpaired) electrons. The van der Waals surface area contributed by atoms with Crippen molar-refractivity contribution in [2.45, 2.75) is 29.5 Å². The maximum absolute atomic E-state index is 6.86. The minimum atomic E-state index is -0.671. The second-order valence-electron chi connectivity index (χ2n) is 8.80. The molecule has 0 fully saturated rings. The topological polar surface area (TPSA) is 18.5 Å². The van der Waals surface area contributed by atoms with Crippen LogP contribution in [0, 0.1) is 0 Å². The van der Waals surface area contributed by atoms with Gasteiger partial charge in [0.1, 0.15) is 11.2 Å². The van der Waals surface area contributed by atoms with Gasteiger partial charge in [0.2, 0.25) is 0 Å². The lowest BCUT2D eigenvalue weighted by Crippen LogP contribution is -2.66. The van der Waals surface area contributed by atoms with Gasteiger partial charge in [0.25, 0.3) is 0 Å². The van der Waals surface area contributed by atoms with Gasteiger partial charge in [0, 0.05) is 0 Å². The molecule has 0 amide bonds. The van der Waals surface area contributed by atoms with Crippen LogP contribution in [0.4, 0.5) is 0 Å². The molecule has 0 aromatic heterocycles. The molecule has 0 N–H and O–H groups in total. The number of fused-ring (bicyclic) bond motifs is 3. The lowest BCUT2D eigenvalue weighted by molar-refractivity contribution is -0.132. The van der Waals surface area contributed by atoms with Crippen molar-refractivity contribution in [1.29, 1.82) is 0 Å². The number of rotatable bonds is 8. The minimum absolute atomic E-state index is 0.446. The molecule has 0 aliphatic heterocycles. The van der Waals surface area contributed by atoms with Crippen LogP contribution in [0.5, 0.6) is 0 Å². The summed E-state index contributed by atoms with van der Waals surface area (Å²) in [7, 11) is 0. The fourth-order valence-corrected chi connectivity index (χ4v) is 6.11. The molecule has 5 rings (SSSR count). The van der Waals surface area contributed by atoms with E-state index in [0.29, 0.717) is 13.2 Å². The third-order valence-electron chi connectivity index (χ3n) is 7.21. The van der Waals surface area contributed by atoms with Crippen LogP contribution < -0.4 is 0 Å². The van der Waals surface area contributed by atoms with Crippen molar-refractivity contribution >= 4 is 0 Å². The van der Waals surface area contributed by atoms with Crippen LogP contribution in [0.25, 0.3) is 11.1 Å². The Hall–Kier alpha value is -3.20. The van der Waals surface area contributed by atoms with Crippen molar-refractivity contribution < 1.29 is 9.47 Å². The number of benzene rings is 2. The maximum Gasteiger partial charge on any atom is 0.107 e. The van der Waals surface area contributed by atoms with Crippen LogP contribution in [-0.2, 0) is 14.9 Å². The second-order valence-corrected chi connectivity index (χ2v) is 8.80. The van der Waals surface area contributed by atoms with E-state index < -0.39 is 16.6 Å². The monoisotopic (exact) mass is 434 g/mol. The van der Waals surface area contributed by atoms with E-state index in [2.05, 4.69) is 110 Å². The largest absolute Gasteiger partial charge is 0.365 e. The molecule has 166 valence electrons. The molecule has 0 heterocycles. The molecule has 0 saturated carbocycles. The summed E-state index contributed by atoms with van der Waals surface area (Å²) in [4.78, 5) is 0. The fourth-order valence-electron chi connectivity index (χ4n) is 6.11. The van der Waals surface area contributed by atoms with Gasteiger partial charge in [-0.05, 0) is 35.1 Å². The zero-order valence-electron chi connectivity index (χ0n) is 19.0. The molecule has 3 aliphatic carbocycles. The number of ether oxygens (including phenoxy) is 2. The van der Waals surface area contributed by atoms with E-state index >= 15 is 0 Å². The van der Waals surface area contributed by atoms with Gasteiger partial charge in [-0.3, -0.25) is 0 Å². The van der Waals surface area contributed by atoms with Gasteiger partial charge in [0.15, 0.2) is 0 Å².